The van der Waals surface area contributed by atoms with Crippen LogP contribution in [0.5, 0.6) is 0 Å². The molecule has 0 radical (unpaired) electrons. The van der Waals surface area contributed by atoms with Gasteiger partial charge in [-0.1, -0.05) is 223 Å². The summed E-state index contributed by atoms with van der Waals surface area (Å²) >= 11 is 0. The third-order valence-corrected chi connectivity index (χ3v) is 12.9. The van der Waals surface area contributed by atoms with Gasteiger partial charge in [-0.2, -0.15) is 0 Å². The Morgan fingerprint density at radius 3 is 1.35 bits per heavy atom. The first-order valence-electron chi connectivity index (χ1n) is 28.6. The summed E-state index contributed by atoms with van der Waals surface area (Å²) in [7, 11) is 0. The summed E-state index contributed by atoms with van der Waals surface area (Å²) in [5, 5.41) is 31.3. The first-order chi connectivity index (χ1) is 34.6. The van der Waals surface area contributed by atoms with Crippen molar-refractivity contribution < 1.29 is 58.2 Å². The summed E-state index contributed by atoms with van der Waals surface area (Å²) in [6.45, 7) is 5.82. The van der Waals surface area contributed by atoms with Crippen LogP contribution in [-0.4, -0.2) is 89.2 Å². The second-order valence-electron chi connectivity index (χ2n) is 19.6. The number of carbonyl (C=O) groups excluding carboxylic acids is 3. The van der Waals surface area contributed by atoms with E-state index in [4.69, 9.17) is 23.7 Å². The van der Waals surface area contributed by atoms with E-state index in [1.54, 1.807) is 0 Å². The Morgan fingerprint density at radius 2 is 0.887 bits per heavy atom. The summed E-state index contributed by atoms with van der Waals surface area (Å²) in [5.41, 5.74) is 0. The molecule has 1 aliphatic rings. The largest absolute Gasteiger partial charge is 0.479 e. The molecule has 12 heteroatoms. The van der Waals surface area contributed by atoms with Gasteiger partial charge in [-0.3, -0.25) is 14.4 Å². The van der Waals surface area contributed by atoms with E-state index in [1.807, 2.05) is 0 Å². The lowest BCUT2D eigenvalue weighted by Gasteiger charge is -2.40. The molecule has 1 aliphatic heterocycles. The smallest absolute Gasteiger partial charge is 0.335 e. The minimum atomic E-state index is -1.90. The molecule has 0 spiro atoms. The lowest BCUT2D eigenvalue weighted by Crippen LogP contribution is -2.61. The fraction of sp³-hybridized carbons (Fsp3) is 0.797. The Balaban J connectivity index is 2.70. The summed E-state index contributed by atoms with van der Waals surface area (Å²) in [6, 6.07) is 0. The number of ether oxygens (including phenoxy) is 5. The molecule has 1 fully saturated rings. The number of aliphatic hydroxyl groups is 2. The fourth-order valence-corrected chi connectivity index (χ4v) is 8.54. The Labute approximate surface area is 431 Å². The van der Waals surface area contributed by atoms with Crippen molar-refractivity contribution in [1.29, 1.82) is 0 Å². The Kier molecular flexibility index (Phi) is 44.1. The van der Waals surface area contributed by atoms with Crippen LogP contribution in [0, 0.1) is 0 Å². The molecule has 410 valence electrons. The van der Waals surface area contributed by atoms with Gasteiger partial charge in [-0.25, -0.2) is 4.79 Å². The quantitative estimate of drug-likeness (QED) is 0.0228. The van der Waals surface area contributed by atoms with Crippen molar-refractivity contribution in [3.8, 4) is 0 Å². The molecule has 3 N–H and O–H groups in total. The molecular formula is C59H102O12. The van der Waals surface area contributed by atoms with Gasteiger partial charge in [0.25, 0.3) is 0 Å². The Hall–Kier alpha value is -3.32. The maximum Gasteiger partial charge on any atom is 0.335 e. The van der Waals surface area contributed by atoms with Crippen LogP contribution in [0.2, 0.25) is 0 Å². The van der Waals surface area contributed by atoms with Gasteiger partial charge >= 0.3 is 23.9 Å². The van der Waals surface area contributed by atoms with Crippen LogP contribution in [-0.2, 0) is 42.9 Å². The molecule has 1 heterocycles. The minimum Gasteiger partial charge on any atom is -0.479 e. The number of unbranched alkanes of at least 4 members (excludes halogenated alkanes) is 26. The van der Waals surface area contributed by atoms with Gasteiger partial charge in [-0.05, 0) is 57.8 Å². The lowest BCUT2D eigenvalue weighted by molar-refractivity contribution is -0.301. The van der Waals surface area contributed by atoms with E-state index in [1.165, 1.54) is 109 Å². The van der Waals surface area contributed by atoms with Crippen LogP contribution >= 0.6 is 0 Å². The number of carboxylic acids is 1. The predicted octanol–water partition coefficient (Wildman–Crippen LogP) is 14.2. The zero-order chi connectivity index (χ0) is 51.8. The number of carboxylic acid groups (broad SMARTS) is 1. The average Bonchev–Trinajstić information content (AvgIpc) is 3.35. The second-order valence-corrected chi connectivity index (χ2v) is 19.6. The van der Waals surface area contributed by atoms with Crippen molar-refractivity contribution in [1.82, 2.24) is 0 Å². The lowest BCUT2D eigenvalue weighted by atomic mass is 9.98. The van der Waals surface area contributed by atoms with Gasteiger partial charge in [0.2, 0.25) is 0 Å². The number of carbonyl (C=O) groups is 4. The zero-order valence-electron chi connectivity index (χ0n) is 45.0. The van der Waals surface area contributed by atoms with Crippen LogP contribution in [0.4, 0.5) is 0 Å². The SMILES string of the molecule is CC/C=C\C/C=C\C/C=C\C/C=C\CCCCC(=O)OC(COC(=O)CCCCCCCCCCCCCCCCCCC)COC1OC(C(=O)O)C(O)C(O)C1OC(=O)CCCCCCCCCCC. The number of hydrogen-bond acceptors (Lipinski definition) is 11. The molecule has 0 saturated carbocycles. The molecule has 0 aromatic rings. The average molecular weight is 1000 g/mol. The number of aliphatic hydroxyl groups excluding tert-OH is 2. The maximum atomic E-state index is 13.1. The van der Waals surface area contributed by atoms with E-state index in [9.17, 15) is 34.5 Å². The molecule has 0 aromatic carbocycles. The second kappa shape index (κ2) is 47.7. The number of hydrogen-bond donors (Lipinski definition) is 3. The van der Waals surface area contributed by atoms with Gasteiger partial charge in [-0.15, -0.1) is 0 Å². The molecule has 12 nitrogen and oxygen atoms in total. The summed E-state index contributed by atoms with van der Waals surface area (Å²) in [4.78, 5) is 50.9. The monoisotopic (exact) mass is 1000 g/mol. The molecule has 6 unspecified atom stereocenters. The maximum absolute atomic E-state index is 13.1. The topological polar surface area (TPSA) is 175 Å². The van der Waals surface area contributed by atoms with Crippen molar-refractivity contribution in [3.63, 3.8) is 0 Å². The first kappa shape index (κ1) is 65.7. The summed E-state index contributed by atoms with van der Waals surface area (Å²) in [5.74, 6) is -3.16. The fourth-order valence-electron chi connectivity index (χ4n) is 8.54. The van der Waals surface area contributed by atoms with Crippen molar-refractivity contribution in [2.24, 2.45) is 0 Å². The van der Waals surface area contributed by atoms with E-state index in [0.717, 1.165) is 83.5 Å². The van der Waals surface area contributed by atoms with Gasteiger partial charge in [0, 0.05) is 19.3 Å². The van der Waals surface area contributed by atoms with Crippen molar-refractivity contribution in [2.75, 3.05) is 13.2 Å². The normalized spacial score (nSPS) is 18.8. The Morgan fingerprint density at radius 1 is 0.479 bits per heavy atom. The van der Waals surface area contributed by atoms with Crippen LogP contribution in [0.25, 0.3) is 0 Å². The molecule has 6 atom stereocenters. The highest BCUT2D eigenvalue weighted by Crippen LogP contribution is 2.26. The highest BCUT2D eigenvalue weighted by Gasteiger charge is 2.50. The summed E-state index contributed by atoms with van der Waals surface area (Å²) in [6.07, 6.45) is 44.0. The molecule has 71 heavy (non-hydrogen) atoms. The third-order valence-electron chi connectivity index (χ3n) is 12.9. The number of esters is 3. The number of rotatable bonds is 48. The van der Waals surface area contributed by atoms with E-state index in [2.05, 4.69) is 69.4 Å². The van der Waals surface area contributed by atoms with Gasteiger partial charge in [0.1, 0.15) is 18.8 Å². The van der Waals surface area contributed by atoms with E-state index in [-0.39, 0.29) is 25.9 Å². The minimum absolute atomic E-state index is 0.0577. The highest BCUT2D eigenvalue weighted by molar-refractivity contribution is 5.74. The van der Waals surface area contributed by atoms with Gasteiger partial charge in [0.15, 0.2) is 24.6 Å². The molecule has 0 bridgehead atoms. The van der Waals surface area contributed by atoms with Crippen LogP contribution in [0.15, 0.2) is 48.6 Å². The van der Waals surface area contributed by atoms with E-state index < -0.39 is 67.3 Å². The number of aliphatic carboxylic acids is 1. The first-order valence-corrected chi connectivity index (χ1v) is 28.6. The number of allylic oxidation sites excluding steroid dienone is 8. The summed E-state index contributed by atoms with van der Waals surface area (Å²) < 4.78 is 28.3. The predicted molar refractivity (Wildman–Crippen MR) is 285 cm³/mol. The third kappa shape index (κ3) is 38.0. The van der Waals surface area contributed by atoms with Crippen molar-refractivity contribution >= 4 is 23.9 Å². The van der Waals surface area contributed by atoms with Crippen molar-refractivity contribution in [2.45, 2.75) is 289 Å². The molecule has 0 aliphatic carbocycles. The molecule has 0 aromatic heterocycles. The highest BCUT2D eigenvalue weighted by atomic mass is 16.7. The van der Waals surface area contributed by atoms with Crippen molar-refractivity contribution in [3.05, 3.63) is 48.6 Å². The van der Waals surface area contributed by atoms with Gasteiger partial charge < -0.3 is 39.0 Å². The van der Waals surface area contributed by atoms with E-state index in [0.29, 0.717) is 19.3 Å². The molecule has 1 rings (SSSR count). The van der Waals surface area contributed by atoms with Gasteiger partial charge in [0.05, 0.1) is 6.61 Å². The van der Waals surface area contributed by atoms with Crippen LogP contribution < -0.4 is 0 Å². The van der Waals surface area contributed by atoms with Crippen LogP contribution in [0.1, 0.15) is 252 Å². The molecular weight excluding hydrogens is 901 g/mol. The molecule has 0 amide bonds. The standard InChI is InChI=1S/C59H102O12/c1-4-7-10-13-16-19-21-23-25-26-28-29-31-34-36-39-42-45-51(60)67-48-50(69-52(61)46-43-40-38-35-32-30-27-24-22-20-17-14-11-8-5-2)49-68-59-57(55(64)54(63)56(71-59)58(65)66)70-53(62)47-44-41-37-33-18-15-12-9-6-3/h8,11,17,20,24,27,32,35,50,54-57,59,63-64H,4-7,9-10,12-16,18-19,21-23,25-26,28-31,33-34,36-49H2,1-3H3,(H,65,66)/b11-8-,20-17-,27-24-,35-32-. The van der Waals surface area contributed by atoms with Crippen LogP contribution in [0.3, 0.4) is 0 Å². The zero-order valence-corrected chi connectivity index (χ0v) is 45.0. The Bertz CT molecular complexity index is 1420. The molecule has 1 saturated heterocycles. The van der Waals surface area contributed by atoms with E-state index >= 15 is 0 Å².